The molecule has 1 aromatic carbocycles. The summed E-state index contributed by atoms with van der Waals surface area (Å²) in [4.78, 5) is 24.2. The SMILES string of the molecule is CSC(C)CC1OC(=O)C(C(=O)COc2cccc(C)c2C)=C1O. The van der Waals surface area contributed by atoms with Crippen LogP contribution in [0.25, 0.3) is 0 Å². The van der Waals surface area contributed by atoms with Crippen LogP contribution in [0.15, 0.2) is 29.5 Å². The van der Waals surface area contributed by atoms with E-state index < -0.39 is 17.9 Å². The molecular formula is C18H22O5S. The fraction of sp³-hybridized carbons (Fsp3) is 0.444. The van der Waals surface area contributed by atoms with Crippen molar-refractivity contribution in [2.75, 3.05) is 12.9 Å². The molecular weight excluding hydrogens is 328 g/mol. The number of ketones is 1. The Morgan fingerprint density at radius 1 is 1.42 bits per heavy atom. The van der Waals surface area contributed by atoms with Crippen LogP contribution in [-0.4, -0.2) is 41.1 Å². The number of aliphatic hydroxyl groups is 1. The number of rotatable bonds is 7. The molecule has 2 rings (SSSR count). The van der Waals surface area contributed by atoms with Crippen molar-refractivity contribution in [1.29, 1.82) is 0 Å². The molecule has 0 radical (unpaired) electrons. The number of hydrogen-bond donors (Lipinski definition) is 1. The zero-order valence-corrected chi connectivity index (χ0v) is 15.1. The third kappa shape index (κ3) is 3.93. The smallest absolute Gasteiger partial charge is 0.346 e. The number of carbonyl (C=O) groups is 2. The lowest BCUT2D eigenvalue weighted by atomic mass is 10.1. The monoisotopic (exact) mass is 350 g/mol. The van der Waals surface area contributed by atoms with Crippen molar-refractivity contribution in [2.24, 2.45) is 0 Å². The molecule has 0 spiro atoms. The molecule has 0 fully saturated rings. The van der Waals surface area contributed by atoms with Crippen LogP contribution >= 0.6 is 11.8 Å². The first kappa shape index (κ1) is 18.4. The second-order valence-electron chi connectivity index (χ2n) is 5.85. The number of Topliss-reactive ketones (excluding diaryl/α,β-unsaturated/α-hetero) is 1. The van der Waals surface area contributed by atoms with Gasteiger partial charge < -0.3 is 14.6 Å². The summed E-state index contributed by atoms with van der Waals surface area (Å²) in [7, 11) is 0. The van der Waals surface area contributed by atoms with Crippen LogP contribution in [0.2, 0.25) is 0 Å². The third-order valence-electron chi connectivity index (χ3n) is 4.16. The summed E-state index contributed by atoms with van der Waals surface area (Å²) in [5.41, 5.74) is 1.69. The Hall–Kier alpha value is -1.95. The molecule has 24 heavy (non-hydrogen) atoms. The van der Waals surface area contributed by atoms with E-state index >= 15 is 0 Å². The summed E-state index contributed by atoms with van der Waals surface area (Å²) in [6, 6.07) is 5.55. The normalized spacial score (nSPS) is 18.5. The lowest BCUT2D eigenvalue weighted by Crippen LogP contribution is -2.19. The lowest BCUT2D eigenvalue weighted by molar-refractivity contribution is -0.141. The van der Waals surface area contributed by atoms with E-state index in [0.717, 1.165) is 11.1 Å². The Bertz CT molecular complexity index is 680. The zero-order chi connectivity index (χ0) is 17.9. The molecule has 0 saturated carbocycles. The average molecular weight is 350 g/mol. The van der Waals surface area contributed by atoms with Crippen LogP contribution in [0.1, 0.15) is 24.5 Å². The van der Waals surface area contributed by atoms with E-state index in [2.05, 4.69) is 0 Å². The first-order valence-corrected chi connectivity index (χ1v) is 9.03. The van der Waals surface area contributed by atoms with Crippen LogP contribution in [0.5, 0.6) is 5.75 Å². The number of ether oxygens (including phenoxy) is 2. The minimum absolute atomic E-state index is 0.200. The standard InChI is InChI=1S/C18H22O5S/c1-10-6-5-7-14(12(10)3)22-9-13(19)16-17(20)15(23-18(16)21)8-11(2)24-4/h5-7,11,15,20H,8-9H2,1-4H3. The van der Waals surface area contributed by atoms with Gasteiger partial charge in [-0.1, -0.05) is 19.1 Å². The Morgan fingerprint density at radius 3 is 2.79 bits per heavy atom. The zero-order valence-electron chi connectivity index (χ0n) is 14.3. The molecule has 2 unspecified atom stereocenters. The second kappa shape index (κ2) is 7.75. The largest absolute Gasteiger partial charge is 0.507 e. The van der Waals surface area contributed by atoms with Crippen molar-refractivity contribution in [1.82, 2.24) is 0 Å². The van der Waals surface area contributed by atoms with Gasteiger partial charge in [0.25, 0.3) is 0 Å². The van der Waals surface area contributed by atoms with Crippen LogP contribution in [0.4, 0.5) is 0 Å². The number of aryl methyl sites for hydroxylation is 1. The number of cyclic esters (lactones) is 1. The Kier molecular flexibility index (Phi) is 5.94. The van der Waals surface area contributed by atoms with Crippen molar-refractivity contribution in [3.05, 3.63) is 40.7 Å². The highest BCUT2D eigenvalue weighted by atomic mass is 32.2. The maximum atomic E-state index is 12.3. The van der Waals surface area contributed by atoms with Crippen molar-refractivity contribution >= 4 is 23.5 Å². The molecule has 6 heteroatoms. The molecule has 0 aromatic heterocycles. The molecule has 130 valence electrons. The topological polar surface area (TPSA) is 72.8 Å². The highest BCUT2D eigenvalue weighted by Gasteiger charge is 2.38. The molecule has 1 N–H and O–H groups in total. The Balaban J connectivity index is 2.08. The van der Waals surface area contributed by atoms with Gasteiger partial charge in [0.15, 0.2) is 18.5 Å². The van der Waals surface area contributed by atoms with E-state index in [1.54, 1.807) is 17.8 Å². The molecule has 0 amide bonds. The molecule has 0 saturated heterocycles. The third-order valence-corrected chi connectivity index (χ3v) is 5.15. The number of thioether (sulfide) groups is 1. The summed E-state index contributed by atoms with van der Waals surface area (Å²) in [6.45, 7) is 5.50. The maximum absolute atomic E-state index is 12.3. The average Bonchev–Trinajstić information content (AvgIpc) is 2.82. The predicted molar refractivity (Wildman–Crippen MR) is 93.5 cm³/mol. The summed E-state index contributed by atoms with van der Waals surface area (Å²) in [6.07, 6.45) is 1.65. The van der Waals surface area contributed by atoms with Gasteiger partial charge in [-0.25, -0.2) is 4.79 Å². The lowest BCUT2D eigenvalue weighted by Gasteiger charge is -2.13. The van der Waals surface area contributed by atoms with E-state index in [1.165, 1.54) is 0 Å². The van der Waals surface area contributed by atoms with Gasteiger partial charge >= 0.3 is 5.97 Å². The number of carbonyl (C=O) groups excluding carboxylic acids is 2. The quantitative estimate of drug-likeness (QED) is 0.602. The van der Waals surface area contributed by atoms with E-state index in [0.29, 0.717) is 12.2 Å². The first-order chi connectivity index (χ1) is 11.3. The van der Waals surface area contributed by atoms with E-state index in [4.69, 9.17) is 9.47 Å². The number of benzene rings is 1. The number of hydrogen-bond acceptors (Lipinski definition) is 6. The van der Waals surface area contributed by atoms with E-state index in [1.807, 2.05) is 39.2 Å². The minimum Gasteiger partial charge on any atom is -0.507 e. The van der Waals surface area contributed by atoms with Crippen LogP contribution in [0, 0.1) is 13.8 Å². The predicted octanol–water partition coefficient (Wildman–Crippen LogP) is 3.13. The highest BCUT2D eigenvalue weighted by molar-refractivity contribution is 7.99. The molecule has 0 aliphatic carbocycles. The van der Waals surface area contributed by atoms with E-state index in [-0.39, 0.29) is 23.2 Å². The molecule has 1 aliphatic heterocycles. The van der Waals surface area contributed by atoms with Gasteiger partial charge in [0.05, 0.1) is 0 Å². The summed E-state index contributed by atoms with van der Waals surface area (Å²) in [5.74, 6) is -1.05. The van der Waals surface area contributed by atoms with Crippen molar-refractivity contribution in [3.8, 4) is 5.75 Å². The molecule has 2 atom stereocenters. The van der Waals surface area contributed by atoms with Crippen LogP contribution in [0.3, 0.4) is 0 Å². The number of aliphatic hydroxyl groups excluding tert-OH is 1. The van der Waals surface area contributed by atoms with Gasteiger partial charge in [-0.2, -0.15) is 11.8 Å². The van der Waals surface area contributed by atoms with Crippen LogP contribution in [-0.2, 0) is 14.3 Å². The van der Waals surface area contributed by atoms with Gasteiger partial charge in [-0.05, 0) is 37.3 Å². The first-order valence-electron chi connectivity index (χ1n) is 7.74. The van der Waals surface area contributed by atoms with Gasteiger partial charge in [0, 0.05) is 11.7 Å². The Morgan fingerprint density at radius 2 is 2.12 bits per heavy atom. The molecule has 1 aromatic rings. The number of esters is 1. The van der Waals surface area contributed by atoms with Crippen LogP contribution < -0.4 is 4.74 Å². The summed E-state index contributed by atoms with van der Waals surface area (Å²) >= 11 is 1.60. The minimum atomic E-state index is -0.777. The fourth-order valence-electron chi connectivity index (χ4n) is 2.42. The van der Waals surface area contributed by atoms with Gasteiger partial charge in [-0.3, -0.25) is 4.79 Å². The molecule has 1 heterocycles. The Labute approximate surface area is 146 Å². The second-order valence-corrected chi connectivity index (χ2v) is 7.12. The van der Waals surface area contributed by atoms with Gasteiger partial charge in [-0.15, -0.1) is 0 Å². The van der Waals surface area contributed by atoms with E-state index in [9.17, 15) is 14.7 Å². The fourth-order valence-corrected chi connectivity index (χ4v) is 2.79. The molecule has 0 bridgehead atoms. The van der Waals surface area contributed by atoms with Crippen molar-refractivity contribution in [2.45, 2.75) is 38.5 Å². The van der Waals surface area contributed by atoms with Crippen molar-refractivity contribution < 1.29 is 24.2 Å². The molecule has 5 nitrogen and oxygen atoms in total. The summed E-state index contributed by atoms with van der Waals surface area (Å²) in [5, 5.41) is 10.4. The van der Waals surface area contributed by atoms with Crippen molar-refractivity contribution in [3.63, 3.8) is 0 Å². The van der Waals surface area contributed by atoms with Gasteiger partial charge in [0.2, 0.25) is 5.78 Å². The highest BCUT2D eigenvalue weighted by Crippen LogP contribution is 2.28. The summed E-state index contributed by atoms with van der Waals surface area (Å²) < 4.78 is 10.6. The molecule has 1 aliphatic rings. The van der Waals surface area contributed by atoms with Gasteiger partial charge in [0.1, 0.15) is 11.3 Å². The maximum Gasteiger partial charge on any atom is 0.346 e.